The summed E-state index contributed by atoms with van der Waals surface area (Å²) in [6.45, 7) is 6.84. The Bertz CT molecular complexity index is 1920. The third kappa shape index (κ3) is 64.5. The van der Waals surface area contributed by atoms with Gasteiger partial charge >= 0.3 is 13.8 Å². The van der Waals surface area contributed by atoms with E-state index in [1.54, 1.807) is 0 Å². The highest BCUT2D eigenvalue weighted by Gasteiger charge is 2.30. The smallest absolute Gasteiger partial charge is 0.456 e. The first-order chi connectivity index (χ1) is 41.4. The second-order valence-electron chi connectivity index (χ2n) is 24.0. The molecule has 1 amide bonds. The molecule has 0 aromatic carbocycles. The number of nitrogens with one attached hydrogen (secondary N) is 1. The van der Waals surface area contributed by atoms with Crippen molar-refractivity contribution in [3.05, 3.63) is 134 Å². The maximum atomic E-state index is 13.6. The third-order valence-electron chi connectivity index (χ3n) is 14.6. The number of quaternary nitrogens is 1. The van der Waals surface area contributed by atoms with Crippen LogP contribution in [0.1, 0.15) is 278 Å². The molecule has 2 N–H and O–H groups in total. The minimum atomic E-state index is -4.48. The van der Waals surface area contributed by atoms with Crippen LogP contribution >= 0.6 is 7.82 Å². The first kappa shape index (κ1) is 81.2. The van der Waals surface area contributed by atoms with Gasteiger partial charge in [0.05, 0.1) is 33.8 Å². The molecule has 85 heavy (non-hydrogen) atoms. The number of hydrogen-bond acceptors (Lipinski definition) is 6. The van der Waals surface area contributed by atoms with Crippen LogP contribution in [0.4, 0.5) is 0 Å². The van der Waals surface area contributed by atoms with Crippen LogP contribution in [0.25, 0.3) is 0 Å². The number of allylic oxidation sites excluding steroid dienone is 21. The molecule has 3 unspecified atom stereocenters. The number of likely N-dealkylation sites (N-methyl/N-ethyl adjacent to an activating group) is 1. The quantitative estimate of drug-likeness (QED) is 0.0205. The van der Waals surface area contributed by atoms with E-state index in [9.17, 15) is 19.0 Å². The molecule has 0 saturated heterocycles. The Kier molecular flexibility index (Phi) is 60.3. The SMILES string of the molecule is CC/C=C\C/C=C\C/C=C\C/C=C\C/C=C\C/C=C\CCCCC(=O)OC(/C=C\CCCCCCCCCCCCC)C(COP(=O)(O)OCC[N+](C)(C)C)NC(=O)CCCCCCCCCCC/C=C\C/C=C\C/C=C\C/C=C\CCCCC. The molecule has 0 fully saturated rings. The molecule has 0 aliphatic carbocycles. The van der Waals surface area contributed by atoms with Crippen molar-refractivity contribution in [2.75, 3.05) is 40.9 Å². The fraction of sp³-hybridized carbons (Fsp3) is 0.680. The number of ether oxygens (including phenoxy) is 1. The summed E-state index contributed by atoms with van der Waals surface area (Å²) in [5.74, 6) is -0.568. The zero-order valence-corrected chi connectivity index (χ0v) is 56.4. The van der Waals surface area contributed by atoms with Crippen LogP contribution in [0.5, 0.6) is 0 Å². The van der Waals surface area contributed by atoms with Crippen LogP contribution in [0.15, 0.2) is 134 Å². The van der Waals surface area contributed by atoms with E-state index >= 15 is 0 Å². The molecule has 10 heteroatoms. The molecule has 0 aliphatic rings. The number of phosphoric acid groups is 1. The molecule has 3 atom stereocenters. The van der Waals surface area contributed by atoms with Gasteiger partial charge in [-0.25, -0.2) is 4.57 Å². The number of esters is 1. The summed E-state index contributed by atoms with van der Waals surface area (Å²) in [5, 5.41) is 3.05. The highest BCUT2D eigenvalue weighted by atomic mass is 31.2. The zero-order valence-electron chi connectivity index (χ0n) is 55.6. The topological polar surface area (TPSA) is 111 Å². The van der Waals surface area contributed by atoms with E-state index in [1.807, 2.05) is 33.3 Å². The van der Waals surface area contributed by atoms with Crippen LogP contribution in [-0.4, -0.2) is 74.3 Å². The minimum Gasteiger partial charge on any atom is -0.456 e. The summed E-state index contributed by atoms with van der Waals surface area (Å²) in [5.41, 5.74) is 0. The lowest BCUT2D eigenvalue weighted by molar-refractivity contribution is -0.870. The van der Waals surface area contributed by atoms with Gasteiger partial charge in [0.2, 0.25) is 5.91 Å². The van der Waals surface area contributed by atoms with Crippen molar-refractivity contribution in [1.82, 2.24) is 5.32 Å². The van der Waals surface area contributed by atoms with Gasteiger partial charge in [0.1, 0.15) is 19.3 Å². The van der Waals surface area contributed by atoms with Crippen LogP contribution in [0, 0.1) is 0 Å². The van der Waals surface area contributed by atoms with Crippen molar-refractivity contribution in [1.29, 1.82) is 0 Å². The Balaban J connectivity index is 5.25. The Labute approximate surface area is 524 Å². The van der Waals surface area contributed by atoms with Crippen LogP contribution < -0.4 is 5.32 Å². The number of carbonyl (C=O) groups is 2. The normalized spacial score (nSPS) is 14.4. The Hall–Kier alpha value is -3.85. The van der Waals surface area contributed by atoms with Crippen LogP contribution in [0.3, 0.4) is 0 Å². The maximum Gasteiger partial charge on any atom is 0.472 e. The molecular formula is C75H130N2O7P+. The van der Waals surface area contributed by atoms with Crippen LogP contribution in [0.2, 0.25) is 0 Å². The van der Waals surface area contributed by atoms with Gasteiger partial charge in [-0.3, -0.25) is 18.6 Å². The standard InChI is InChI=1S/C75H129N2O7P/c1-7-10-13-16-19-22-25-28-30-32-34-36-37-38-39-41-42-44-46-49-52-55-58-61-64-67-74(78)76-72(71-83-85(80,81)82-70-69-77(4,5)6)73(66-63-60-57-54-51-48-27-24-21-18-15-12-9-3)84-75(79)68-65-62-59-56-53-50-47-45-43-40-35-33-31-29-26-23-20-17-14-11-8-2/h11,14,19-20,22-23,28-31,34-36,38-40,45,47,53,56,63,66,72-73H,7-10,12-13,15-18,21,24-27,32-33,37,41-44,46,48-52,54-55,57-62,64-65,67-71H2,1-6H3,(H-,76,78,80,81)/p+1/b14-11-,22-19-,23-20-,30-28-,31-29-,36-34-,39-38-,40-35-,47-45-,56-53-,66-63-. The Morgan fingerprint density at radius 3 is 1.16 bits per heavy atom. The zero-order chi connectivity index (χ0) is 62.1. The minimum absolute atomic E-state index is 0.0247. The van der Waals surface area contributed by atoms with Crippen molar-refractivity contribution < 1.29 is 37.3 Å². The number of nitrogens with zero attached hydrogens (tertiary/aromatic N) is 1. The lowest BCUT2D eigenvalue weighted by Crippen LogP contribution is -2.47. The van der Waals surface area contributed by atoms with Gasteiger partial charge in [0, 0.05) is 12.8 Å². The largest absolute Gasteiger partial charge is 0.472 e. The summed E-state index contributed by atoms with van der Waals surface area (Å²) < 4.78 is 30.8. The number of unbranched alkanes of at least 4 members (excludes halogenated alkanes) is 25. The van der Waals surface area contributed by atoms with Crippen molar-refractivity contribution in [2.45, 2.75) is 290 Å². The first-order valence-corrected chi connectivity index (χ1v) is 36.0. The van der Waals surface area contributed by atoms with Gasteiger partial charge in [0.15, 0.2) is 0 Å². The van der Waals surface area contributed by atoms with E-state index < -0.39 is 20.0 Å². The number of carbonyl (C=O) groups excluding carboxylic acids is 2. The first-order valence-electron chi connectivity index (χ1n) is 34.5. The summed E-state index contributed by atoms with van der Waals surface area (Å²) in [6.07, 6.45) is 90.3. The van der Waals surface area contributed by atoms with Crippen LogP contribution in [-0.2, 0) is 27.9 Å². The van der Waals surface area contributed by atoms with E-state index in [0.717, 1.165) is 122 Å². The fourth-order valence-electron chi connectivity index (χ4n) is 9.28. The second kappa shape index (κ2) is 63.2. The van der Waals surface area contributed by atoms with Crippen molar-refractivity contribution >= 4 is 19.7 Å². The molecular weight excluding hydrogens is 1070 g/mol. The molecule has 0 saturated carbocycles. The van der Waals surface area contributed by atoms with Crippen molar-refractivity contribution in [2.24, 2.45) is 0 Å². The van der Waals surface area contributed by atoms with E-state index in [2.05, 4.69) is 148 Å². The summed E-state index contributed by atoms with van der Waals surface area (Å²) >= 11 is 0. The molecule has 0 bridgehead atoms. The number of phosphoric ester groups is 1. The summed E-state index contributed by atoms with van der Waals surface area (Å²) in [7, 11) is 1.45. The predicted octanol–water partition coefficient (Wildman–Crippen LogP) is 22.0. The van der Waals surface area contributed by atoms with Gasteiger partial charge in [-0.2, -0.15) is 0 Å². The van der Waals surface area contributed by atoms with E-state index in [4.69, 9.17) is 13.8 Å². The molecule has 0 aliphatic heterocycles. The van der Waals surface area contributed by atoms with Gasteiger partial charge in [-0.15, -0.1) is 0 Å². The van der Waals surface area contributed by atoms with Gasteiger partial charge in [0.25, 0.3) is 0 Å². The average molecular weight is 1200 g/mol. The van der Waals surface area contributed by atoms with E-state index in [0.29, 0.717) is 23.9 Å². The Morgan fingerprint density at radius 1 is 0.424 bits per heavy atom. The monoisotopic (exact) mass is 1200 g/mol. The predicted molar refractivity (Wildman–Crippen MR) is 369 cm³/mol. The third-order valence-corrected chi connectivity index (χ3v) is 15.6. The molecule has 0 radical (unpaired) electrons. The molecule has 0 aromatic heterocycles. The molecule has 0 rings (SSSR count). The Morgan fingerprint density at radius 2 is 0.753 bits per heavy atom. The van der Waals surface area contributed by atoms with E-state index in [-0.39, 0.29) is 31.5 Å². The van der Waals surface area contributed by atoms with Crippen molar-refractivity contribution in [3.63, 3.8) is 0 Å². The highest BCUT2D eigenvalue weighted by molar-refractivity contribution is 7.47. The van der Waals surface area contributed by atoms with Gasteiger partial charge in [-0.1, -0.05) is 270 Å². The molecule has 486 valence electrons. The number of rotatable bonds is 61. The van der Waals surface area contributed by atoms with Crippen molar-refractivity contribution in [3.8, 4) is 0 Å². The molecule has 0 heterocycles. The lowest BCUT2D eigenvalue weighted by Gasteiger charge is -2.27. The highest BCUT2D eigenvalue weighted by Crippen LogP contribution is 2.43. The summed E-state index contributed by atoms with van der Waals surface area (Å²) in [6, 6.07) is -0.881. The average Bonchev–Trinajstić information content (AvgIpc) is 3.48. The fourth-order valence-corrected chi connectivity index (χ4v) is 10.0. The van der Waals surface area contributed by atoms with Gasteiger partial charge < -0.3 is 19.4 Å². The maximum absolute atomic E-state index is 13.6. The van der Waals surface area contributed by atoms with Gasteiger partial charge in [-0.05, 0) is 128 Å². The lowest BCUT2D eigenvalue weighted by atomic mass is 10.0. The number of amides is 1. The summed E-state index contributed by atoms with van der Waals surface area (Å²) in [4.78, 5) is 37.9. The molecule has 9 nitrogen and oxygen atoms in total. The molecule has 0 spiro atoms. The number of hydrogen-bond donors (Lipinski definition) is 2. The second-order valence-corrected chi connectivity index (χ2v) is 25.4. The molecule has 0 aromatic rings. The van der Waals surface area contributed by atoms with E-state index in [1.165, 1.54) is 116 Å².